The third-order valence-electron chi connectivity index (χ3n) is 6.17. The molecule has 0 N–H and O–H groups in total. The number of fused-ring (bicyclic) bond motifs is 2. The van der Waals surface area contributed by atoms with Gasteiger partial charge in [0.1, 0.15) is 5.82 Å². The van der Waals surface area contributed by atoms with Gasteiger partial charge in [-0.25, -0.2) is 13.4 Å². The van der Waals surface area contributed by atoms with Crippen LogP contribution in [0.3, 0.4) is 0 Å². The van der Waals surface area contributed by atoms with E-state index in [4.69, 9.17) is 0 Å². The summed E-state index contributed by atoms with van der Waals surface area (Å²) in [4.78, 5) is 19.1. The van der Waals surface area contributed by atoms with E-state index in [0.717, 1.165) is 12.8 Å². The van der Waals surface area contributed by atoms with Crippen molar-refractivity contribution < 1.29 is 31.5 Å². The van der Waals surface area contributed by atoms with Crippen molar-refractivity contribution in [3.8, 4) is 22.9 Å². The average molecular weight is 491 g/mol. The smallest absolute Gasteiger partial charge is 0.395 e. The number of alkyl halides is 2. The van der Waals surface area contributed by atoms with Crippen LogP contribution in [0.5, 0.6) is 11.5 Å². The molecule has 1 amide bonds. The molecule has 10 nitrogen and oxygen atoms in total. The van der Waals surface area contributed by atoms with E-state index < -0.39 is 22.0 Å². The lowest BCUT2D eigenvalue weighted by Crippen LogP contribution is -2.26. The first-order valence-electron chi connectivity index (χ1n) is 10.7. The number of anilines is 1. The van der Waals surface area contributed by atoms with Crippen LogP contribution in [-0.2, 0) is 23.4 Å². The highest BCUT2D eigenvalue weighted by atomic mass is 32.2. The first-order valence-corrected chi connectivity index (χ1v) is 12.3. The molecule has 1 aromatic carbocycles. The number of imidazole rings is 1. The summed E-state index contributed by atoms with van der Waals surface area (Å²) in [6, 6.07) is 2.83. The maximum absolute atomic E-state index is 13.4. The average Bonchev–Trinajstić information content (AvgIpc) is 3.11. The van der Waals surface area contributed by atoms with Crippen molar-refractivity contribution in [1.82, 2.24) is 19.3 Å². The quantitative estimate of drug-likeness (QED) is 0.540. The van der Waals surface area contributed by atoms with Crippen LogP contribution in [0.15, 0.2) is 29.6 Å². The Balaban J connectivity index is 1.44. The van der Waals surface area contributed by atoms with Crippen molar-refractivity contribution >= 4 is 21.6 Å². The number of amides is 1. The molecule has 1 fully saturated rings. The molecule has 1 saturated carbocycles. The molecular formula is C21H19F2N5O5S. The maximum atomic E-state index is 13.4. The first-order chi connectivity index (χ1) is 16.1. The molecule has 0 atom stereocenters. The summed E-state index contributed by atoms with van der Waals surface area (Å²) in [5.74, 6) is -0.870. The third-order valence-corrected chi connectivity index (χ3v) is 7.97. The number of rotatable bonds is 5. The van der Waals surface area contributed by atoms with Crippen molar-refractivity contribution in [1.29, 1.82) is 0 Å². The molecule has 13 heteroatoms. The van der Waals surface area contributed by atoms with Gasteiger partial charge in [0.15, 0.2) is 32.2 Å². The van der Waals surface area contributed by atoms with Gasteiger partial charge in [0.05, 0.1) is 30.1 Å². The lowest BCUT2D eigenvalue weighted by molar-refractivity contribution is -0.286. The minimum absolute atomic E-state index is 0.0213. The zero-order valence-electron chi connectivity index (χ0n) is 18.2. The molecule has 1 aliphatic carbocycles. The van der Waals surface area contributed by atoms with Crippen LogP contribution < -0.4 is 14.4 Å². The van der Waals surface area contributed by atoms with Gasteiger partial charge in [-0.15, -0.1) is 8.78 Å². The van der Waals surface area contributed by atoms with Gasteiger partial charge in [0.25, 0.3) is 5.91 Å². The summed E-state index contributed by atoms with van der Waals surface area (Å²) < 4.78 is 65.1. The van der Waals surface area contributed by atoms with Gasteiger partial charge in [-0.3, -0.25) is 14.4 Å². The van der Waals surface area contributed by atoms with E-state index in [0.29, 0.717) is 23.0 Å². The number of sulfone groups is 1. The SMILES string of the molecule is CCS(=O)(=O)c1c(N2Cc3cc4c(cc3C2=O)OC(F)(F)O4)nc(-c2cnn(C3CC3)c2)n1C. The van der Waals surface area contributed by atoms with Gasteiger partial charge in [-0.2, -0.15) is 5.10 Å². The van der Waals surface area contributed by atoms with Gasteiger partial charge in [0, 0.05) is 18.8 Å². The highest BCUT2D eigenvalue weighted by Gasteiger charge is 2.46. The van der Waals surface area contributed by atoms with Gasteiger partial charge in [-0.1, -0.05) is 6.92 Å². The molecule has 3 aromatic rings. The Hall–Kier alpha value is -3.48. The first kappa shape index (κ1) is 21.1. The van der Waals surface area contributed by atoms with Crippen LogP contribution in [0.25, 0.3) is 11.4 Å². The molecule has 2 aliphatic heterocycles. The van der Waals surface area contributed by atoms with Crippen LogP contribution >= 0.6 is 0 Å². The van der Waals surface area contributed by atoms with Crippen molar-refractivity contribution in [2.75, 3.05) is 10.7 Å². The molecular weight excluding hydrogens is 472 g/mol. The van der Waals surface area contributed by atoms with Gasteiger partial charge < -0.3 is 14.0 Å². The van der Waals surface area contributed by atoms with E-state index in [2.05, 4.69) is 19.6 Å². The Labute approximate surface area is 192 Å². The summed E-state index contributed by atoms with van der Waals surface area (Å²) in [6.07, 6.45) is 1.70. The van der Waals surface area contributed by atoms with Crippen LogP contribution in [0.4, 0.5) is 14.6 Å². The van der Waals surface area contributed by atoms with Crippen LogP contribution in [0, 0.1) is 0 Å². The number of hydrogen-bond acceptors (Lipinski definition) is 7. The molecule has 2 aromatic heterocycles. The van der Waals surface area contributed by atoms with Crippen LogP contribution in [-0.4, -0.2) is 45.7 Å². The van der Waals surface area contributed by atoms with Gasteiger partial charge in [0.2, 0.25) is 0 Å². The second kappa shape index (κ2) is 6.78. The largest absolute Gasteiger partial charge is 0.586 e. The Morgan fingerprint density at radius 1 is 1.21 bits per heavy atom. The molecule has 6 rings (SSSR count). The van der Waals surface area contributed by atoms with Crippen molar-refractivity contribution in [2.45, 2.75) is 43.7 Å². The fourth-order valence-electron chi connectivity index (χ4n) is 4.31. The summed E-state index contributed by atoms with van der Waals surface area (Å²) in [7, 11) is -2.21. The Bertz CT molecular complexity index is 1470. The number of nitrogens with zero attached hydrogens (tertiary/aromatic N) is 5. The van der Waals surface area contributed by atoms with Gasteiger partial charge in [-0.05, 0) is 30.5 Å². The summed E-state index contributed by atoms with van der Waals surface area (Å²) in [5.41, 5.74) is 1.15. The second-order valence-corrected chi connectivity index (χ2v) is 10.7. The lowest BCUT2D eigenvalue weighted by Gasteiger charge is -2.15. The van der Waals surface area contributed by atoms with Crippen molar-refractivity contribution in [3.05, 3.63) is 35.7 Å². The number of hydrogen-bond donors (Lipinski definition) is 0. The molecule has 34 heavy (non-hydrogen) atoms. The Kier molecular flexibility index (Phi) is 4.20. The Morgan fingerprint density at radius 2 is 1.91 bits per heavy atom. The van der Waals surface area contributed by atoms with E-state index in [1.54, 1.807) is 13.2 Å². The van der Waals surface area contributed by atoms with E-state index in [1.165, 1.54) is 28.5 Å². The molecule has 0 radical (unpaired) electrons. The fraction of sp³-hybridized carbons (Fsp3) is 0.381. The molecule has 0 spiro atoms. The highest BCUT2D eigenvalue weighted by molar-refractivity contribution is 7.91. The molecule has 178 valence electrons. The topological polar surface area (TPSA) is 109 Å². The van der Waals surface area contributed by atoms with Gasteiger partial charge >= 0.3 is 6.29 Å². The molecule has 0 saturated heterocycles. The van der Waals surface area contributed by atoms with Crippen molar-refractivity contribution in [2.24, 2.45) is 7.05 Å². The Morgan fingerprint density at radius 3 is 2.59 bits per heavy atom. The third kappa shape index (κ3) is 3.10. The van der Waals surface area contributed by atoms with Crippen molar-refractivity contribution in [3.63, 3.8) is 0 Å². The minimum Gasteiger partial charge on any atom is -0.395 e. The van der Waals surface area contributed by atoms with E-state index in [9.17, 15) is 22.0 Å². The fourth-order valence-corrected chi connectivity index (χ4v) is 5.52. The molecule has 3 aliphatic rings. The van der Waals surface area contributed by atoms with Crippen LogP contribution in [0.1, 0.15) is 41.7 Å². The van der Waals surface area contributed by atoms with E-state index >= 15 is 0 Å². The molecule has 0 unspecified atom stereocenters. The monoisotopic (exact) mass is 491 g/mol. The number of ether oxygens (including phenoxy) is 2. The summed E-state index contributed by atoms with van der Waals surface area (Å²) in [6.45, 7) is 1.46. The number of carbonyl (C=O) groups is 1. The molecule has 4 heterocycles. The zero-order chi connectivity index (χ0) is 24.0. The lowest BCUT2D eigenvalue weighted by atomic mass is 10.1. The van der Waals surface area contributed by atoms with Crippen LogP contribution in [0.2, 0.25) is 0 Å². The normalized spacial score (nSPS) is 18.6. The number of aromatic nitrogens is 4. The highest BCUT2D eigenvalue weighted by Crippen LogP contribution is 2.45. The second-order valence-electron chi connectivity index (χ2n) is 8.48. The minimum atomic E-state index is -3.80. The summed E-state index contributed by atoms with van der Waals surface area (Å²) >= 11 is 0. The van der Waals surface area contributed by atoms with E-state index in [1.807, 2.05) is 10.9 Å². The van der Waals surface area contributed by atoms with E-state index in [-0.39, 0.29) is 40.2 Å². The maximum Gasteiger partial charge on any atom is 0.586 e. The number of halogens is 2. The zero-order valence-corrected chi connectivity index (χ0v) is 19.0. The standard InChI is InChI=1S/C21H19F2N5O5S/c1-3-34(30,31)20-18(25-17(26(20)2)12-8-24-28(10-12)13-4-5-13)27-9-11-6-15-16(7-14(11)19(27)29)33-21(22,23)32-15/h6-8,10,13H,3-5,9H2,1-2H3. The number of benzene rings is 1. The summed E-state index contributed by atoms with van der Waals surface area (Å²) in [5, 5.41) is 4.25. The number of carbonyl (C=O) groups excluding carboxylic acids is 1. The predicted octanol–water partition coefficient (Wildman–Crippen LogP) is 2.89. The molecule has 0 bridgehead atoms. The predicted molar refractivity (Wildman–Crippen MR) is 114 cm³/mol.